The topological polar surface area (TPSA) is 46.2 Å². The van der Waals surface area contributed by atoms with Crippen LogP contribution < -0.4 is 5.32 Å². The smallest absolute Gasteiger partial charge is 0.381 e. The summed E-state index contributed by atoms with van der Waals surface area (Å²) < 4.78 is 61.1. The maximum atomic E-state index is 12.8. The molecule has 0 aliphatic heterocycles. The third kappa shape index (κ3) is 5.40. The maximum Gasteiger partial charge on any atom is 0.418 e. The molecule has 3 nitrogen and oxygen atoms in total. The quantitative estimate of drug-likeness (QED) is 0.896. The third-order valence-electron chi connectivity index (χ3n) is 2.24. The fourth-order valence-corrected chi connectivity index (χ4v) is 3.00. The summed E-state index contributed by atoms with van der Waals surface area (Å²) in [5.41, 5.74) is -0.964. The van der Waals surface area contributed by atoms with Crippen molar-refractivity contribution in [2.75, 3.05) is 17.3 Å². The van der Waals surface area contributed by atoms with Gasteiger partial charge in [-0.15, -0.1) is 0 Å². The molecule has 8 heteroatoms. The molecule has 0 amide bonds. The van der Waals surface area contributed by atoms with Crippen LogP contribution in [0.15, 0.2) is 22.7 Å². The second-order valence-corrected chi connectivity index (χ2v) is 7.43. The van der Waals surface area contributed by atoms with Gasteiger partial charge < -0.3 is 5.32 Å². The minimum atomic E-state index is -4.49. The van der Waals surface area contributed by atoms with Crippen LogP contribution in [-0.4, -0.2) is 26.5 Å². The minimum Gasteiger partial charge on any atom is -0.381 e. The highest BCUT2D eigenvalue weighted by Gasteiger charge is 2.33. The molecule has 0 aliphatic rings. The monoisotopic (exact) mass is 359 g/mol. The van der Waals surface area contributed by atoms with E-state index in [4.69, 9.17) is 0 Å². The molecule has 1 atom stereocenters. The van der Waals surface area contributed by atoms with E-state index in [9.17, 15) is 21.6 Å². The van der Waals surface area contributed by atoms with E-state index in [0.29, 0.717) is 4.47 Å². The number of rotatable bonds is 4. The predicted molar refractivity (Wildman–Crippen MR) is 71.9 cm³/mol. The first-order valence-electron chi connectivity index (χ1n) is 5.30. The van der Waals surface area contributed by atoms with Gasteiger partial charge in [-0.2, -0.15) is 13.2 Å². The molecule has 0 spiro atoms. The number of anilines is 1. The van der Waals surface area contributed by atoms with E-state index in [2.05, 4.69) is 21.2 Å². The van der Waals surface area contributed by atoms with E-state index in [1.807, 2.05) is 0 Å². The Morgan fingerprint density at radius 2 is 1.95 bits per heavy atom. The SMILES string of the molecule is CC(CS(C)(=O)=O)Nc1cc(Br)ccc1C(F)(F)F. The van der Waals surface area contributed by atoms with Crippen LogP contribution in [0.1, 0.15) is 12.5 Å². The zero-order valence-electron chi connectivity index (χ0n) is 10.3. The summed E-state index contributed by atoms with van der Waals surface area (Å²) in [4.78, 5) is 0. The molecule has 0 heterocycles. The van der Waals surface area contributed by atoms with Gasteiger partial charge in [-0.05, 0) is 25.1 Å². The van der Waals surface area contributed by atoms with Crippen LogP contribution in [-0.2, 0) is 16.0 Å². The normalized spacial score (nSPS) is 14.2. The molecule has 19 heavy (non-hydrogen) atoms. The van der Waals surface area contributed by atoms with Crippen LogP contribution in [0.2, 0.25) is 0 Å². The van der Waals surface area contributed by atoms with Crippen molar-refractivity contribution in [2.45, 2.75) is 19.1 Å². The number of hydrogen-bond donors (Lipinski definition) is 1. The molecule has 0 saturated heterocycles. The van der Waals surface area contributed by atoms with Crippen LogP contribution >= 0.6 is 15.9 Å². The van der Waals surface area contributed by atoms with Gasteiger partial charge in [-0.1, -0.05) is 15.9 Å². The summed E-state index contributed by atoms with van der Waals surface area (Å²) in [6.07, 6.45) is -3.45. The van der Waals surface area contributed by atoms with Crippen molar-refractivity contribution in [2.24, 2.45) is 0 Å². The molecule has 0 aliphatic carbocycles. The van der Waals surface area contributed by atoms with E-state index >= 15 is 0 Å². The molecule has 1 rings (SSSR count). The fourth-order valence-electron chi connectivity index (χ4n) is 1.64. The zero-order valence-corrected chi connectivity index (χ0v) is 12.7. The molecule has 0 bridgehead atoms. The lowest BCUT2D eigenvalue weighted by Crippen LogP contribution is -2.26. The van der Waals surface area contributed by atoms with Crippen molar-refractivity contribution >= 4 is 31.5 Å². The van der Waals surface area contributed by atoms with E-state index in [1.165, 1.54) is 19.1 Å². The minimum absolute atomic E-state index is 0.141. The summed E-state index contributed by atoms with van der Waals surface area (Å²) in [7, 11) is -3.26. The summed E-state index contributed by atoms with van der Waals surface area (Å²) in [6.45, 7) is 1.52. The van der Waals surface area contributed by atoms with Gasteiger partial charge in [-0.3, -0.25) is 0 Å². The average molecular weight is 360 g/mol. The summed E-state index contributed by atoms with van der Waals surface area (Å²) in [5.74, 6) is -0.239. The zero-order chi connectivity index (χ0) is 14.8. The van der Waals surface area contributed by atoms with Gasteiger partial charge >= 0.3 is 6.18 Å². The summed E-state index contributed by atoms with van der Waals surface area (Å²) in [5, 5.41) is 2.59. The van der Waals surface area contributed by atoms with Crippen LogP contribution in [0.25, 0.3) is 0 Å². The highest BCUT2D eigenvalue weighted by Crippen LogP contribution is 2.36. The molecule has 1 unspecified atom stereocenters. The Labute approximate surface area is 118 Å². The van der Waals surface area contributed by atoms with Crippen molar-refractivity contribution < 1.29 is 21.6 Å². The van der Waals surface area contributed by atoms with Crippen LogP contribution in [0, 0.1) is 0 Å². The number of nitrogens with one attached hydrogen (secondary N) is 1. The van der Waals surface area contributed by atoms with Gasteiger partial charge in [0.15, 0.2) is 0 Å². The summed E-state index contributed by atoms with van der Waals surface area (Å²) in [6, 6.07) is 2.89. The number of alkyl halides is 3. The van der Waals surface area contributed by atoms with Crippen LogP contribution in [0.5, 0.6) is 0 Å². The Hall–Kier alpha value is -0.760. The third-order valence-corrected chi connectivity index (χ3v) is 3.84. The first-order valence-corrected chi connectivity index (χ1v) is 8.15. The Morgan fingerprint density at radius 1 is 1.37 bits per heavy atom. The Bertz CT molecular complexity index is 558. The predicted octanol–water partition coefficient (Wildman–Crippen LogP) is 3.31. The standard InChI is InChI=1S/C11H13BrF3NO2S/c1-7(6-19(2,17)18)16-10-5-8(12)3-4-9(10)11(13,14)15/h3-5,7,16H,6H2,1-2H3. The van der Waals surface area contributed by atoms with E-state index < -0.39 is 27.6 Å². The molecule has 1 N–H and O–H groups in total. The second kappa shape index (κ2) is 5.70. The van der Waals surface area contributed by atoms with Gasteiger partial charge in [0, 0.05) is 22.5 Å². The lowest BCUT2D eigenvalue weighted by molar-refractivity contribution is -0.137. The van der Waals surface area contributed by atoms with E-state index in [1.54, 1.807) is 0 Å². The van der Waals surface area contributed by atoms with Gasteiger partial charge in [0.05, 0.1) is 11.3 Å². The van der Waals surface area contributed by atoms with Crippen molar-refractivity contribution in [3.05, 3.63) is 28.2 Å². The number of halogens is 4. The van der Waals surface area contributed by atoms with Crippen LogP contribution in [0.3, 0.4) is 0 Å². The van der Waals surface area contributed by atoms with Crippen molar-refractivity contribution in [1.29, 1.82) is 0 Å². The molecule has 1 aromatic rings. The molecule has 108 valence electrons. The molecule has 1 aromatic carbocycles. The van der Waals surface area contributed by atoms with Crippen molar-refractivity contribution in [3.63, 3.8) is 0 Å². The Morgan fingerprint density at radius 3 is 2.42 bits per heavy atom. The van der Waals surface area contributed by atoms with Crippen molar-refractivity contribution in [1.82, 2.24) is 0 Å². The van der Waals surface area contributed by atoms with E-state index in [0.717, 1.165) is 12.3 Å². The van der Waals surface area contributed by atoms with E-state index in [-0.39, 0.29) is 11.4 Å². The van der Waals surface area contributed by atoms with Gasteiger partial charge in [-0.25, -0.2) is 8.42 Å². The molecule has 0 aromatic heterocycles. The first kappa shape index (κ1) is 16.3. The van der Waals surface area contributed by atoms with Gasteiger partial charge in [0.1, 0.15) is 9.84 Å². The lowest BCUT2D eigenvalue weighted by atomic mass is 10.1. The highest BCUT2D eigenvalue weighted by atomic mass is 79.9. The highest BCUT2D eigenvalue weighted by molar-refractivity contribution is 9.10. The molecule has 0 radical (unpaired) electrons. The van der Waals surface area contributed by atoms with Crippen LogP contribution in [0.4, 0.5) is 18.9 Å². The largest absolute Gasteiger partial charge is 0.418 e. The van der Waals surface area contributed by atoms with Gasteiger partial charge in [0.2, 0.25) is 0 Å². The average Bonchev–Trinajstić information content (AvgIpc) is 2.11. The lowest BCUT2D eigenvalue weighted by Gasteiger charge is -2.19. The maximum absolute atomic E-state index is 12.8. The molecular weight excluding hydrogens is 347 g/mol. The molecular formula is C11H13BrF3NO2S. The first-order chi connectivity index (χ1) is 8.49. The van der Waals surface area contributed by atoms with Gasteiger partial charge in [0.25, 0.3) is 0 Å². The number of benzene rings is 1. The second-order valence-electron chi connectivity index (χ2n) is 4.33. The molecule has 0 saturated carbocycles. The Kier molecular flexibility index (Phi) is 4.89. The summed E-state index contributed by atoms with van der Waals surface area (Å²) >= 11 is 3.09. The van der Waals surface area contributed by atoms with Crippen molar-refractivity contribution in [3.8, 4) is 0 Å². The Balaban J connectivity index is 3.03. The number of hydrogen-bond acceptors (Lipinski definition) is 3. The fraction of sp³-hybridized carbons (Fsp3) is 0.455. The molecule has 0 fully saturated rings. The number of sulfone groups is 1.